The van der Waals surface area contributed by atoms with Gasteiger partial charge in [-0.25, -0.2) is 4.79 Å². The molecule has 1 fully saturated rings. The lowest BCUT2D eigenvalue weighted by Gasteiger charge is -2.34. The average Bonchev–Trinajstić information content (AvgIpc) is 2.61. The van der Waals surface area contributed by atoms with Crippen molar-refractivity contribution in [3.05, 3.63) is 24.3 Å². The topological polar surface area (TPSA) is 54.0 Å². The number of anilines is 1. The van der Waals surface area contributed by atoms with E-state index in [4.69, 9.17) is 0 Å². The van der Waals surface area contributed by atoms with E-state index in [1.807, 2.05) is 4.90 Å². The number of nitrogens with zero attached hydrogens (tertiary/aromatic N) is 2. The molecule has 1 aromatic carbocycles. The minimum Gasteiger partial charge on any atom is -0.406 e. The molecule has 2 amide bonds. The number of alkyl halides is 6. The minimum absolute atomic E-state index is 0.00819. The molecular formula is C17H21F6N3O3. The smallest absolute Gasteiger partial charge is 0.406 e. The Morgan fingerprint density at radius 3 is 2.17 bits per heavy atom. The van der Waals surface area contributed by atoms with Gasteiger partial charge >= 0.3 is 18.6 Å². The second-order valence-corrected chi connectivity index (χ2v) is 6.35. The quantitative estimate of drug-likeness (QED) is 0.531. The summed E-state index contributed by atoms with van der Waals surface area (Å²) in [7, 11) is 0. The van der Waals surface area contributed by atoms with E-state index < -0.39 is 19.1 Å². The van der Waals surface area contributed by atoms with E-state index in [0.717, 1.165) is 12.1 Å². The van der Waals surface area contributed by atoms with Crippen LogP contribution < -0.4 is 10.1 Å². The molecule has 0 aromatic heterocycles. The lowest BCUT2D eigenvalue weighted by molar-refractivity contribution is -0.274. The van der Waals surface area contributed by atoms with Gasteiger partial charge in [-0.15, -0.1) is 13.2 Å². The van der Waals surface area contributed by atoms with Gasteiger partial charge in [0.1, 0.15) is 12.4 Å². The summed E-state index contributed by atoms with van der Waals surface area (Å²) < 4.78 is 80.6. The van der Waals surface area contributed by atoms with Crippen molar-refractivity contribution in [2.45, 2.75) is 19.0 Å². The van der Waals surface area contributed by atoms with Gasteiger partial charge in [-0.3, -0.25) is 4.90 Å². The molecule has 2 rings (SSSR count). The standard InChI is InChI=1S/C17H21F6N3O3/c18-16(19,20)12-28-11-1-6-25-7-9-26(10-8-25)15(27)24-13-2-4-14(5-3-13)29-17(21,22)23/h2-5H,1,6-12H2,(H,24,27). The molecular weight excluding hydrogens is 408 g/mol. The minimum atomic E-state index is -4.78. The molecule has 164 valence electrons. The van der Waals surface area contributed by atoms with Crippen LogP contribution in [0.5, 0.6) is 5.75 Å². The van der Waals surface area contributed by atoms with Gasteiger partial charge in [-0.1, -0.05) is 0 Å². The molecule has 1 saturated heterocycles. The lowest BCUT2D eigenvalue weighted by atomic mass is 10.3. The summed E-state index contributed by atoms with van der Waals surface area (Å²) in [6, 6.07) is 4.42. The highest BCUT2D eigenvalue weighted by molar-refractivity contribution is 5.89. The zero-order valence-corrected chi connectivity index (χ0v) is 15.4. The predicted molar refractivity (Wildman–Crippen MR) is 91.6 cm³/mol. The van der Waals surface area contributed by atoms with E-state index in [1.54, 1.807) is 4.90 Å². The van der Waals surface area contributed by atoms with Crippen LogP contribution in [0.3, 0.4) is 0 Å². The number of rotatable bonds is 7. The molecule has 6 nitrogen and oxygen atoms in total. The third-order valence-corrected chi connectivity index (χ3v) is 4.03. The number of urea groups is 1. The largest absolute Gasteiger partial charge is 0.573 e. The van der Waals surface area contributed by atoms with Crippen molar-refractivity contribution in [3.8, 4) is 5.75 Å². The van der Waals surface area contributed by atoms with Gasteiger partial charge in [-0.05, 0) is 30.7 Å². The second kappa shape index (κ2) is 10.0. The van der Waals surface area contributed by atoms with Gasteiger partial charge in [0.15, 0.2) is 0 Å². The monoisotopic (exact) mass is 429 g/mol. The Morgan fingerprint density at radius 2 is 1.62 bits per heavy atom. The maximum Gasteiger partial charge on any atom is 0.573 e. The fourth-order valence-corrected chi connectivity index (χ4v) is 2.70. The van der Waals surface area contributed by atoms with Crippen LogP contribution in [0.25, 0.3) is 0 Å². The van der Waals surface area contributed by atoms with Gasteiger partial charge in [-0.2, -0.15) is 13.2 Å². The Labute approximate surface area is 163 Å². The summed E-state index contributed by atoms with van der Waals surface area (Å²) in [5, 5.41) is 2.60. The maximum atomic E-state index is 12.2. The van der Waals surface area contributed by atoms with Crippen molar-refractivity contribution in [1.29, 1.82) is 0 Å². The molecule has 29 heavy (non-hydrogen) atoms. The number of ether oxygens (including phenoxy) is 2. The summed E-state index contributed by atoms with van der Waals surface area (Å²) >= 11 is 0. The van der Waals surface area contributed by atoms with Crippen LogP contribution >= 0.6 is 0 Å². The van der Waals surface area contributed by atoms with Crippen LogP contribution in [0.2, 0.25) is 0 Å². The highest BCUT2D eigenvalue weighted by Gasteiger charge is 2.31. The molecule has 1 aromatic rings. The summed E-state index contributed by atoms with van der Waals surface area (Å²) in [5.41, 5.74) is 0.328. The van der Waals surface area contributed by atoms with Gasteiger partial charge < -0.3 is 19.7 Å². The molecule has 0 bridgehead atoms. The van der Waals surface area contributed by atoms with Crippen LogP contribution in [0.15, 0.2) is 24.3 Å². The zero-order chi connectivity index (χ0) is 21.5. The van der Waals surface area contributed by atoms with Crippen molar-refractivity contribution in [2.24, 2.45) is 0 Å². The highest BCUT2D eigenvalue weighted by Crippen LogP contribution is 2.24. The number of amides is 2. The Balaban J connectivity index is 1.67. The molecule has 1 N–H and O–H groups in total. The molecule has 1 aliphatic heterocycles. The summed E-state index contributed by atoms with van der Waals surface area (Å²) in [5.74, 6) is -0.386. The summed E-state index contributed by atoms with van der Waals surface area (Å²) in [4.78, 5) is 15.8. The zero-order valence-electron chi connectivity index (χ0n) is 15.4. The summed E-state index contributed by atoms with van der Waals surface area (Å²) in [6.07, 6.45) is -8.66. The maximum absolute atomic E-state index is 12.2. The summed E-state index contributed by atoms with van der Waals surface area (Å²) in [6.45, 7) is 1.28. The first-order chi connectivity index (χ1) is 13.5. The van der Waals surface area contributed by atoms with Gasteiger partial charge in [0.25, 0.3) is 0 Å². The number of hydrogen-bond donors (Lipinski definition) is 1. The van der Waals surface area contributed by atoms with Crippen LogP contribution in [0, 0.1) is 0 Å². The van der Waals surface area contributed by atoms with Crippen molar-refractivity contribution >= 4 is 11.7 Å². The first kappa shape index (κ1) is 23.1. The lowest BCUT2D eigenvalue weighted by Crippen LogP contribution is -2.50. The fourth-order valence-electron chi connectivity index (χ4n) is 2.70. The molecule has 1 heterocycles. The van der Waals surface area contributed by atoms with Crippen molar-refractivity contribution in [2.75, 3.05) is 51.3 Å². The van der Waals surface area contributed by atoms with Crippen LogP contribution in [-0.4, -0.2) is 74.3 Å². The first-order valence-electron chi connectivity index (χ1n) is 8.80. The van der Waals surface area contributed by atoms with E-state index in [1.165, 1.54) is 12.1 Å². The normalized spacial score (nSPS) is 16.0. The van der Waals surface area contributed by atoms with E-state index in [9.17, 15) is 31.1 Å². The Hall–Kier alpha value is -2.21. The van der Waals surface area contributed by atoms with Crippen LogP contribution in [-0.2, 0) is 4.74 Å². The molecule has 0 radical (unpaired) electrons. The molecule has 1 aliphatic rings. The van der Waals surface area contributed by atoms with Crippen LogP contribution in [0.4, 0.5) is 36.8 Å². The van der Waals surface area contributed by atoms with E-state index in [2.05, 4.69) is 14.8 Å². The second-order valence-electron chi connectivity index (χ2n) is 6.35. The van der Waals surface area contributed by atoms with Gasteiger partial charge in [0.05, 0.1) is 0 Å². The fraction of sp³-hybridized carbons (Fsp3) is 0.588. The molecule has 0 atom stereocenters. The van der Waals surface area contributed by atoms with E-state index >= 15 is 0 Å². The van der Waals surface area contributed by atoms with Crippen LogP contribution in [0.1, 0.15) is 6.42 Å². The Kier molecular flexibility index (Phi) is 7.96. The Bertz CT molecular complexity index is 643. The highest BCUT2D eigenvalue weighted by atomic mass is 19.4. The van der Waals surface area contributed by atoms with Crippen molar-refractivity contribution < 1.29 is 40.6 Å². The number of carbonyl (C=O) groups excluding carboxylic acids is 1. The number of hydrogen-bond acceptors (Lipinski definition) is 4. The molecule has 12 heteroatoms. The number of carbonyl (C=O) groups is 1. The third kappa shape index (κ3) is 9.22. The molecule has 0 saturated carbocycles. The number of halogens is 6. The predicted octanol–water partition coefficient (Wildman–Crippen LogP) is 3.70. The third-order valence-electron chi connectivity index (χ3n) is 4.03. The average molecular weight is 429 g/mol. The van der Waals surface area contributed by atoms with Gasteiger partial charge in [0, 0.05) is 45.0 Å². The van der Waals surface area contributed by atoms with Crippen molar-refractivity contribution in [3.63, 3.8) is 0 Å². The molecule has 0 unspecified atom stereocenters. The van der Waals surface area contributed by atoms with Crippen molar-refractivity contribution in [1.82, 2.24) is 9.80 Å². The van der Waals surface area contributed by atoms with Gasteiger partial charge in [0.2, 0.25) is 0 Å². The molecule has 0 spiro atoms. The number of benzene rings is 1. The Morgan fingerprint density at radius 1 is 1.00 bits per heavy atom. The van der Waals surface area contributed by atoms with E-state index in [0.29, 0.717) is 44.8 Å². The van der Waals surface area contributed by atoms with E-state index in [-0.39, 0.29) is 18.4 Å². The SMILES string of the molecule is O=C(Nc1ccc(OC(F)(F)F)cc1)N1CCN(CCCOCC(F)(F)F)CC1. The number of piperazine rings is 1. The number of nitrogens with one attached hydrogen (secondary N) is 1. The first-order valence-corrected chi connectivity index (χ1v) is 8.80. The molecule has 0 aliphatic carbocycles.